The number of carbonyl (C=O) groups excluding carboxylic acids is 1. The Bertz CT molecular complexity index is 940. The molecule has 1 fully saturated rings. The predicted octanol–water partition coefficient (Wildman–Crippen LogP) is 2.57. The van der Waals surface area contributed by atoms with E-state index in [-0.39, 0.29) is 24.4 Å². The second-order valence-electron chi connectivity index (χ2n) is 6.11. The summed E-state index contributed by atoms with van der Waals surface area (Å²) in [6, 6.07) is 9.23. The number of fused-ring (bicyclic) bond motifs is 1. The maximum Gasteiger partial charge on any atom is 0.273 e. The molecule has 6 nitrogen and oxygen atoms in total. The summed E-state index contributed by atoms with van der Waals surface area (Å²) in [5, 5.41) is 9.21. The molecule has 3 heterocycles. The molecule has 25 heavy (non-hydrogen) atoms. The molecule has 1 amide bonds. The van der Waals surface area contributed by atoms with Crippen molar-refractivity contribution in [2.75, 3.05) is 6.54 Å². The molecular weight excluding hydrogens is 323 g/mol. The normalized spacial score (nSPS) is 17.4. The van der Waals surface area contributed by atoms with Crippen molar-refractivity contribution in [3.8, 4) is 0 Å². The summed E-state index contributed by atoms with van der Waals surface area (Å²) in [7, 11) is 0. The van der Waals surface area contributed by atoms with Gasteiger partial charge in [-0.1, -0.05) is 6.07 Å². The Kier molecular flexibility index (Phi) is 3.93. The Hall–Kier alpha value is -2.80. The smallest absolute Gasteiger partial charge is 0.273 e. The molecule has 1 aliphatic rings. The van der Waals surface area contributed by atoms with Crippen LogP contribution in [-0.4, -0.2) is 37.4 Å². The van der Waals surface area contributed by atoms with Crippen molar-refractivity contribution in [3.63, 3.8) is 0 Å². The number of benzene rings is 1. The number of imidazole rings is 1. The van der Waals surface area contributed by atoms with Gasteiger partial charge in [0.15, 0.2) is 0 Å². The number of aromatic amines is 1. The fourth-order valence-corrected chi connectivity index (χ4v) is 3.29. The van der Waals surface area contributed by atoms with Gasteiger partial charge in [0.05, 0.1) is 29.4 Å². The standard InChI is InChI=1S/C18H17FN4O2/c19-11-6-7-13-15(9-11)22-17(21-13)16-5-2-8-23(16)18(25)14-4-1-3-12(10-24)20-14/h1,3-4,6-7,9,16,24H,2,5,8,10H2,(H,21,22)/t16-/m0/s1. The van der Waals surface area contributed by atoms with E-state index in [1.807, 2.05) is 0 Å². The number of carbonyl (C=O) groups is 1. The minimum Gasteiger partial charge on any atom is -0.390 e. The molecule has 4 rings (SSSR count). The number of halogens is 1. The molecule has 1 aromatic carbocycles. The number of aliphatic hydroxyl groups is 1. The molecule has 0 saturated carbocycles. The quantitative estimate of drug-likeness (QED) is 0.768. The topological polar surface area (TPSA) is 82.1 Å². The van der Waals surface area contributed by atoms with E-state index in [0.29, 0.717) is 34.8 Å². The fourth-order valence-electron chi connectivity index (χ4n) is 3.29. The van der Waals surface area contributed by atoms with Gasteiger partial charge in [-0.2, -0.15) is 0 Å². The third-order valence-corrected chi connectivity index (χ3v) is 4.48. The average Bonchev–Trinajstić information content (AvgIpc) is 3.27. The van der Waals surface area contributed by atoms with Gasteiger partial charge in [-0.25, -0.2) is 14.4 Å². The molecule has 1 aliphatic heterocycles. The summed E-state index contributed by atoms with van der Waals surface area (Å²) in [6.45, 7) is 0.402. The van der Waals surface area contributed by atoms with Crippen molar-refractivity contribution in [1.29, 1.82) is 0 Å². The monoisotopic (exact) mass is 340 g/mol. The second kappa shape index (κ2) is 6.25. The molecule has 128 valence electrons. The van der Waals surface area contributed by atoms with Crippen LogP contribution in [0.1, 0.15) is 40.9 Å². The highest BCUT2D eigenvalue weighted by molar-refractivity contribution is 5.92. The lowest BCUT2D eigenvalue weighted by molar-refractivity contribution is 0.0724. The van der Waals surface area contributed by atoms with Crippen molar-refractivity contribution in [2.24, 2.45) is 0 Å². The highest BCUT2D eigenvalue weighted by atomic mass is 19.1. The van der Waals surface area contributed by atoms with Crippen LogP contribution >= 0.6 is 0 Å². The number of nitrogens with zero attached hydrogens (tertiary/aromatic N) is 3. The molecular formula is C18H17FN4O2. The van der Waals surface area contributed by atoms with E-state index in [0.717, 1.165) is 12.8 Å². The van der Waals surface area contributed by atoms with Gasteiger partial charge < -0.3 is 15.0 Å². The lowest BCUT2D eigenvalue weighted by Crippen LogP contribution is -2.31. The zero-order valence-corrected chi connectivity index (χ0v) is 13.4. The van der Waals surface area contributed by atoms with Gasteiger partial charge in [0.25, 0.3) is 5.91 Å². The van der Waals surface area contributed by atoms with E-state index in [9.17, 15) is 14.3 Å². The van der Waals surface area contributed by atoms with Crippen LogP contribution in [0.5, 0.6) is 0 Å². The molecule has 3 aromatic rings. The zero-order chi connectivity index (χ0) is 17.4. The maximum atomic E-state index is 13.4. The highest BCUT2D eigenvalue weighted by Crippen LogP contribution is 2.32. The van der Waals surface area contributed by atoms with Crippen LogP contribution in [0.2, 0.25) is 0 Å². The largest absolute Gasteiger partial charge is 0.390 e. The summed E-state index contributed by atoms with van der Waals surface area (Å²) in [5.41, 5.74) is 2.06. The summed E-state index contributed by atoms with van der Waals surface area (Å²) >= 11 is 0. The number of hydrogen-bond donors (Lipinski definition) is 2. The minimum atomic E-state index is -0.327. The molecule has 1 atom stereocenters. The van der Waals surface area contributed by atoms with Gasteiger partial charge in [0, 0.05) is 6.54 Å². The van der Waals surface area contributed by atoms with Crippen molar-refractivity contribution in [1.82, 2.24) is 19.9 Å². The van der Waals surface area contributed by atoms with Gasteiger partial charge in [0.2, 0.25) is 0 Å². The minimum absolute atomic E-state index is 0.190. The Labute approximate surface area is 143 Å². The number of pyridine rings is 1. The van der Waals surface area contributed by atoms with Crippen molar-refractivity contribution in [3.05, 3.63) is 59.4 Å². The lowest BCUT2D eigenvalue weighted by Gasteiger charge is -2.22. The van der Waals surface area contributed by atoms with E-state index in [1.165, 1.54) is 12.1 Å². The van der Waals surface area contributed by atoms with Gasteiger partial charge in [-0.05, 0) is 43.2 Å². The number of likely N-dealkylation sites (tertiary alicyclic amines) is 1. The SMILES string of the molecule is O=C(c1cccc(CO)n1)N1CCC[C@H]1c1nc2ccc(F)cc2[nH]1. The molecule has 2 N–H and O–H groups in total. The zero-order valence-electron chi connectivity index (χ0n) is 13.4. The van der Waals surface area contributed by atoms with Crippen molar-refractivity contribution < 1.29 is 14.3 Å². The van der Waals surface area contributed by atoms with Gasteiger partial charge in [-0.15, -0.1) is 0 Å². The number of H-pyrrole nitrogens is 1. The van der Waals surface area contributed by atoms with Gasteiger partial charge in [-0.3, -0.25) is 4.79 Å². The predicted molar refractivity (Wildman–Crippen MR) is 89.2 cm³/mol. The van der Waals surface area contributed by atoms with E-state index in [2.05, 4.69) is 15.0 Å². The first-order valence-electron chi connectivity index (χ1n) is 8.18. The first-order chi connectivity index (χ1) is 12.2. The van der Waals surface area contributed by atoms with Crippen LogP contribution in [0.15, 0.2) is 36.4 Å². The molecule has 0 bridgehead atoms. The number of rotatable bonds is 3. The van der Waals surface area contributed by atoms with E-state index >= 15 is 0 Å². The summed E-state index contributed by atoms with van der Waals surface area (Å²) in [5.74, 6) is 0.140. The summed E-state index contributed by atoms with van der Waals surface area (Å²) in [6.07, 6.45) is 1.65. The number of amides is 1. The van der Waals surface area contributed by atoms with Crippen LogP contribution in [-0.2, 0) is 6.61 Å². The molecule has 0 unspecified atom stereocenters. The second-order valence-corrected chi connectivity index (χ2v) is 6.11. The van der Waals surface area contributed by atoms with E-state index in [1.54, 1.807) is 29.2 Å². The number of hydrogen-bond acceptors (Lipinski definition) is 4. The van der Waals surface area contributed by atoms with Crippen LogP contribution in [0.4, 0.5) is 4.39 Å². The summed E-state index contributed by atoms with van der Waals surface area (Å²) < 4.78 is 13.4. The maximum absolute atomic E-state index is 13.4. The van der Waals surface area contributed by atoms with E-state index in [4.69, 9.17) is 0 Å². The Morgan fingerprint density at radius 1 is 1.32 bits per heavy atom. The molecule has 1 saturated heterocycles. The van der Waals surface area contributed by atoms with E-state index < -0.39 is 0 Å². The molecule has 0 spiro atoms. The average molecular weight is 340 g/mol. The molecule has 0 aliphatic carbocycles. The van der Waals surface area contributed by atoms with Crippen molar-refractivity contribution in [2.45, 2.75) is 25.5 Å². The lowest BCUT2D eigenvalue weighted by atomic mass is 10.2. The third-order valence-electron chi connectivity index (χ3n) is 4.48. The first-order valence-corrected chi connectivity index (χ1v) is 8.18. The first kappa shape index (κ1) is 15.7. The molecule has 7 heteroatoms. The Morgan fingerprint density at radius 2 is 2.20 bits per heavy atom. The van der Waals surface area contributed by atoms with Crippen LogP contribution in [0, 0.1) is 5.82 Å². The third kappa shape index (κ3) is 2.87. The highest BCUT2D eigenvalue weighted by Gasteiger charge is 2.33. The number of nitrogens with one attached hydrogen (secondary N) is 1. The summed E-state index contributed by atoms with van der Waals surface area (Å²) in [4.78, 5) is 26.4. The number of aromatic nitrogens is 3. The van der Waals surface area contributed by atoms with Crippen molar-refractivity contribution >= 4 is 16.9 Å². The Balaban J connectivity index is 1.65. The van der Waals surface area contributed by atoms with Crippen LogP contribution in [0.3, 0.4) is 0 Å². The Morgan fingerprint density at radius 3 is 3.04 bits per heavy atom. The van der Waals surface area contributed by atoms with Gasteiger partial charge >= 0.3 is 0 Å². The van der Waals surface area contributed by atoms with Crippen LogP contribution in [0.25, 0.3) is 11.0 Å². The molecule has 0 radical (unpaired) electrons. The molecule has 2 aromatic heterocycles. The van der Waals surface area contributed by atoms with Gasteiger partial charge in [0.1, 0.15) is 17.3 Å². The number of aliphatic hydroxyl groups excluding tert-OH is 1. The van der Waals surface area contributed by atoms with Crippen LogP contribution < -0.4 is 0 Å². The fraction of sp³-hybridized carbons (Fsp3) is 0.278.